The van der Waals surface area contributed by atoms with Gasteiger partial charge in [-0.1, -0.05) is 0 Å². The SMILES string of the molecule is Nc1nc(=O)ccn1C1C[C@@H](O)[C@@H](O)[C@H](O)[C@@H](CO)O1. The number of hydrogen-bond acceptors (Lipinski definition) is 8. The number of rotatable bonds is 2. The molecule has 1 aromatic rings. The highest BCUT2D eigenvalue weighted by Crippen LogP contribution is 2.27. The highest BCUT2D eigenvalue weighted by Gasteiger charge is 2.39. The standard InChI is InChI=1S/C11H17N3O6/c12-11-13-7(17)1-2-14(11)8-3-5(16)9(18)10(19)6(4-15)20-8/h1-2,5-6,8-10,15-16,18-19H,3-4H2,(H2,12,13,17)/t5-,6-,8?,9-,10-/m1/s1. The van der Waals surface area contributed by atoms with Crippen molar-refractivity contribution >= 4 is 5.95 Å². The van der Waals surface area contributed by atoms with E-state index in [2.05, 4.69) is 4.98 Å². The first kappa shape index (κ1) is 14.9. The second kappa shape index (κ2) is 5.85. The maximum Gasteiger partial charge on any atom is 0.274 e. The number of aliphatic hydroxyl groups excluding tert-OH is 4. The van der Waals surface area contributed by atoms with Crippen LogP contribution >= 0.6 is 0 Å². The molecule has 1 aromatic heterocycles. The van der Waals surface area contributed by atoms with Crippen LogP contribution in [0.25, 0.3) is 0 Å². The molecule has 0 spiro atoms. The van der Waals surface area contributed by atoms with Crippen molar-refractivity contribution < 1.29 is 25.2 Å². The number of nitrogens with two attached hydrogens (primary N) is 1. The molecule has 0 bridgehead atoms. The van der Waals surface area contributed by atoms with Crippen LogP contribution in [0.15, 0.2) is 17.1 Å². The first-order chi connectivity index (χ1) is 9.43. The van der Waals surface area contributed by atoms with Gasteiger partial charge in [-0.15, -0.1) is 0 Å². The minimum atomic E-state index is -1.45. The van der Waals surface area contributed by atoms with E-state index in [9.17, 15) is 25.2 Å². The zero-order valence-corrected chi connectivity index (χ0v) is 10.5. The van der Waals surface area contributed by atoms with Crippen LogP contribution in [0.4, 0.5) is 5.95 Å². The van der Waals surface area contributed by atoms with E-state index in [4.69, 9.17) is 10.5 Å². The van der Waals surface area contributed by atoms with Crippen LogP contribution in [-0.4, -0.2) is 61.0 Å². The first-order valence-electron chi connectivity index (χ1n) is 6.09. The Kier molecular flexibility index (Phi) is 4.35. The van der Waals surface area contributed by atoms with E-state index in [1.54, 1.807) is 0 Å². The lowest BCUT2D eigenvalue weighted by Gasteiger charge is -2.25. The van der Waals surface area contributed by atoms with E-state index in [1.165, 1.54) is 10.8 Å². The molecule has 2 heterocycles. The van der Waals surface area contributed by atoms with Gasteiger partial charge in [-0.25, -0.2) is 0 Å². The predicted molar refractivity (Wildman–Crippen MR) is 66.5 cm³/mol. The van der Waals surface area contributed by atoms with Crippen molar-refractivity contribution in [3.63, 3.8) is 0 Å². The van der Waals surface area contributed by atoms with Gasteiger partial charge in [0.15, 0.2) is 0 Å². The van der Waals surface area contributed by atoms with Gasteiger partial charge >= 0.3 is 0 Å². The smallest absolute Gasteiger partial charge is 0.274 e. The van der Waals surface area contributed by atoms with Gasteiger partial charge in [0.05, 0.1) is 12.7 Å². The fraction of sp³-hybridized carbons (Fsp3) is 0.636. The van der Waals surface area contributed by atoms with Gasteiger partial charge in [0, 0.05) is 18.7 Å². The zero-order chi connectivity index (χ0) is 14.9. The number of aliphatic hydroxyl groups is 4. The molecule has 6 N–H and O–H groups in total. The molecule has 9 heteroatoms. The Hall–Kier alpha value is -1.52. The second-order valence-electron chi connectivity index (χ2n) is 4.63. The largest absolute Gasteiger partial charge is 0.394 e. The highest BCUT2D eigenvalue weighted by atomic mass is 16.5. The summed E-state index contributed by atoms with van der Waals surface area (Å²) >= 11 is 0. The fourth-order valence-electron chi connectivity index (χ4n) is 2.13. The molecule has 1 aliphatic heterocycles. The van der Waals surface area contributed by atoms with Crippen LogP contribution in [0, 0.1) is 0 Å². The molecule has 2 rings (SSSR count). The number of anilines is 1. The van der Waals surface area contributed by atoms with E-state index >= 15 is 0 Å². The third-order valence-electron chi connectivity index (χ3n) is 3.26. The van der Waals surface area contributed by atoms with Crippen molar-refractivity contribution in [2.75, 3.05) is 12.3 Å². The van der Waals surface area contributed by atoms with Crippen LogP contribution in [-0.2, 0) is 4.74 Å². The maximum absolute atomic E-state index is 11.1. The van der Waals surface area contributed by atoms with E-state index in [0.717, 1.165) is 6.07 Å². The molecule has 0 saturated carbocycles. The van der Waals surface area contributed by atoms with Crippen molar-refractivity contribution in [1.29, 1.82) is 0 Å². The van der Waals surface area contributed by atoms with Crippen LogP contribution in [0.2, 0.25) is 0 Å². The third-order valence-corrected chi connectivity index (χ3v) is 3.26. The topological polar surface area (TPSA) is 151 Å². The summed E-state index contributed by atoms with van der Waals surface area (Å²) in [5, 5.41) is 38.5. The quantitative estimate of drug-likeness (QED) is 0.391. The van der Waals surface area contributed by atoms with Crippen molar-refractivity contribution in [1.82, 2.24) is 9.55 Å². The summed E-state index contributed by atoms with van der Waals surface area (Å²) in [6.45, 7) is -0.547. The Morgan fingerprint density at radius 1 is 1.40 bits per heavy atom. The molecule has 1 unspecified atom stereocenters. The Balaban J connectivity index is 2.33. The molecule has 112 valence electrons. The molecular weight excluding hydrogens is 270 g/mol. The van der Waals surface area contributed by atoms with E-state index < -0.39 is 42.8 Å². The second-order valence-corrected chi connectivity index (χ2v) is 4.63. The molecule has 20 heavy (non-hydrogen) atoms. The number of nitrogens with zero attached hydrogens (tertiary/aromatic N) is 2. The number of hydrogen-bond donors (Lipinski definition) is 5. The normalized spacial score (nSPS) is 34.7. The minimum Gasteiger partial charge on any atom is -0.394 e. The first-order valence-corrected chi connectivity index (χ1v) is 6.09. The highest BCUT2D eigenvalue weighted by molar-refractivity contribution is 5.17. The Labute approximate surface area is 113 Å². The van der Waals surface area contributed by atoms with E-state index in [-0.39, 0.29) is 12.4 Å². The van der Waals surface area contributed by atoms with Crippen molar-refractivity contribution in [3.05, 3.63) is 22.6 Å². The summed E-state index contributed by atoms with van der Waals surface area (Å²) in [5.41, 5.74) is 5.09. The van der Waals surface area contributed by atoms with Crippen LogP contribution < -0.4 is 11.3 Å². The summed E-state index contributed by atoms with van der Waals surface area (Å²) in [5.74, 6) is -0.128. The van der Waals surface area contributed by atoms with Gasteiger partial charge in [0.1, 0.15) is 24.5 Å². The number of ether oxygens (including phenoxy) is 1. The van der Waals surface area contributed by atoms with Crippen molar-refractivity contribution in [3.8, 4) is 0 Å². The maximum atomic E-state index is 11.1. The molecule has 0 aromatic carbocycles. The summed E-state index contributed by atoms with van der Waals surface area (Å²) in [7, 11) is 0. The van der Waals surface area contributed by atoms with E-state index in [0.29, 0.717) is 0 Å². The Morgan fingerprint density at radius 2 is 2.10 bits per heavy atom. The molecule has 0 aliphatic carbocycles. The van der Waals surface area contributed by atoms with E-state index in [1.807, 2.05) is 0 Å². The fourth-order valence-corrected chi connectivity index (χ4v) is 2.13. The third kappa shape index (κ3) is 2.81. The molecule has 5 atom stereocenters. The van der Waals surface area contributed by atoms with Gasteiger partial charge in [-0.2, -0.15) is 4.98 Å². The molecule has 1 saturated heterocycles. The Morgan fingerprint density at radius 3 is 2.70 bits per heavy atom. The molecular formula is C11H17N3O6. The molecule has 0 radical (unpaired) electrons. The zero-order valence-electron chi connectivity index (χ0n) is 10.5. The lowest BCUT2D eigenvalue weighted by atomic mass is 10.0. The van der Waals surface area contributed by atoms with Gasteiger partial charge in [-0.05, 0) is 0 Å². The van der Waals surface area contributed by atoms with Crippen LogP contribution in [0.5, 0.6) is 0 Å². The molecule has 1 aliphatic rings. The Bertz CT molecular complexity index is 521. The molecule has 9 nitrogen and oxygen atoms in total. The molecule has 1 fully saturated rings. The summed E-state index contributed by atoms with van der Waals surface area (Å²) in [6, 6.07) is 1.16. The van der Waals surface area contributed by atoms with Gasteiger partial charge < -0.3 is 30.9 Å². The summed E-state index contributed by atoms with van der Waals surface area (Å²) in [4.78, 5) is 14.6. The van der Waals surface area contributed by atoms with Crippen molar-refractivity contribution in [2.45, 2.75) is 37.1 Å². The molecule has 0 amide bonds. The number of nitrogen functional groups attached to an aromatic ring is 1. The monoisotopic (exact) mass is 287 g/mol. The van der Waals surface area contributed by atoms with Gasteiger partial charge in [0.25, 0.3) is 5.56 Å². The predicted octanol–water partition coefficient (Wildman–Crippen LogP) is -2.81. The summed E-state index contributed by atoms with van der Waals surface area (Å²) in [6.07, 6.45) is -4.87. The van der Waals surface area contributed by atoms with Gasteiger partial charge in [-0.3, -0.25) is 9.36 Å². The minimum absolute atomic E-state index is 0.0799. The average molecular weight is 287 g/mol. The average Bonchev–Trinajstić information content (AvgIpc) is 2.51. The van der Waals surface area contributed by atoms with Gasteiger partial charge in [0.2, 0.25) is 5.95 Å². The van der Waals surface area contributed by atoms with Crippen LogP contribution in [0.3, 0.4) is 0 Å². The van der Waals surface area contributed by atoms with Crippen molar-refractivity contribution in [2.24, 2.45) is 0 Å². The van der Waals surface area contributed by atoms with Crippen LogP contribution in [0.1, 0.15) is 12.6 Å². The lowest BCUT2D eigenvalue weighted by Crippen LogP contribution is -2.44. The number of aromatic nitrogens is 2. The lowest BCUT2D eigenvalue weighted by molar-refractivity contribution is -0.131. The summed E-state index contributed by atoms with van der Waals surface area (Å²) < 4.78 is 6.73.